The SMILES string of the molecule is CC(C)CSc1nc2c(c(=O)[nH]c(=O)n2C)n1Cc1ccccc1. The number of aryl methyl sites for hydroxylation is 1. The topological polar surface area (TPSA) is 72.7 Å². The predicted octanol–water partition coefficient (Wildman–Crippen LogP) is 2.22. The molecule has 0 fully saturated rings. The molecular formula is C17H20N4O2S. The maximum atomic E-state index is 12.4. The summed E-state index contributed by atoms with van der Waals surface area (Å²) in [6.45, 7) is 4.82. The highest BCUT2D eigenvalue weighted by Crippen LogP contribution is 2.24. The Labute approximate surface area is 143 Å². The highest BCUT2D eigenvalue weighted by atomic mass is 32.2. The monoisotopic (exact) mass is 344 g/mol. The van der Waals surface area contributed by atoms with Crippen molar-refractivity contribution in [2.45, 2.75) is 25.5 Å². The smallest absolute Gasteiger partial charge is 0.309 e. The molecule has 0 aliphatic carbocycles. The van der Waals surface area contributed by atoms with Crippen LogP contribution >= 0.6 is 11.8 Å². The lowest BCUT2D eigenvalue weighted by atomic mass is 10.2. The minimum Gasteiger partial charge on any atom is -0.309 e. The molecule has 2 aromatic heterocycles. The van der Waals surface area contributed by atoms with Gasteiger partial charge in [-0.2, -0.15) is 0 Å². The minimum atomic E-state index is -0.447. The number of nitrogens with one attached hydrogen (secondary N) is 1. The zero-order valence-corrected chi connectivity index (χ0v) is 14.8. The molecule has 3 aromatic rings. The first-order chi connectivity index (χ1) is 11.5. The van der Waals surface area contributed by atoms with Crippen LogP contribution in [-0.4, -0.2) is 24.9 Å². The van der Waals surface area contributed by atoms with Crippen molar-refractivity contribution in [2.24, 2.45) is 13.0 Å². The standard InChI is InChI=1S/C17H20N4O2S/c1-11(2)10-24-17-18-14-13(15(22)19-16(23)20(14)3)21(17)9-12-7-5-4-6-8-12/h4-8,11H,9-10H2,1-3H3,(H,19,22,23). The summed E-state index contributed by atoms with van der Waals surface area (Å²) in [7, 11) is 1.62. The first-order valence-corrected chi connectivity index (χ1v) is 8.82. The van der Waals surface area contributed by atoms with E-state index in [9.17, 15) is 9.59 Å². The fourth-order valence-electron chi connectivity index (χ4n) is 2.48. The highest BCUT2D eigenvalue weighted by molar-refractivity contribution is 7.99. The molecule has 126 valence electrons. The molecule has 1 N–H and O–H groups in total. The van der Waals surface area contributed by atoms with E-state index in [4.69, 9.17) is 0 Å². The Bertz CT molecular complexity index is 970. The third-order valence-electron chi connectivity index (χ3n) is 3.70. The summed E-state index contributed by atoms with van der Waals surface area (Å²) >= 11 is 1.61. The van der Waals surface area contributed by atoms with Crippen LogP contribution in [0.25, 0.3) is 11.2 Å². The maximum Gasteiger partial charge on any atom is 0.329 e. The number of imidazole rings is 1. The molecule has 2 heterocycles. The zero-order valence-electron chi connectivity index (χ0n) is 13.9. The van der Waals surface area contributed by atoms with Crippen LogP contribution < -0.4 is 11.2 Å². The number of hydrogen-bond acceptors (Lipinski definition) is 4. The van der Waals surface area contributed by atoms with Crippen molar-refractivity contribution in [1.82, 2.24) is 19.1 Å². The van der Waals surface area contributed by atoms with Gasteiger partial charge in [-0.1, -0.05) is 55.9 Å². The Balaban J connectivity index is 2.19. The number of thioether (sulfide) groups is 1. The van der Waals surface area contributed by atoms with Crippen molar-refractivity contribution in [3.05, 3.63) is 56.7 Å². The van der Waals surface area contributed by atoms with Gasteiger partial charge in [0, 0.05) is 12.8 Å². The molecule has 0 bridgehead atoms. The molecule has 0 saturated carbocycles. The van der Waals surface area contributed by atoms with Gasteiger partial charge >= 0.3 is 5.69 Å². The second kappa shape index (κ2) is 6.68. The van der Waals surface area contributed by atoms with Crippen LogP contribution in [0.3, 0.4) is 0 Å². The quantitative estimate of drug-likeness (QED) is 0.720. The van der Waals surface area contributed by atoms with Crippen LogP contribution in [0.1, 0.15) is 19.4 Å². The third-order valence-corrected chi connectivity index (χ3v) is 5.10. The van der Waals surface area contributed by atoms with E-state index in [2.05, 4.69) is 23.8 Å². The summed E-state index contributed by atoms with van der Waals surface area (Å²) < 4.78 is 3.29. The molecule has 0 spiro atoms. The molecular weight excluding hydrogens is 324 g/mol. The van der Waals surface area contributed by atoms with Crippen molar-refractivity contribution in [3.8, 4) is 0 Å². The van der Waals surface area contributed by atoms with Crippen LogP contribution in [0.4, 0.5) is 0 Å². The number of rotatable bonds is 5. The van der Waals surface area contributed by atoms with Crippen molar-refractivity contribution in [2.75, 3.05) is 5.75 Å². The van der Waals surface area contributed by atoms with E-state index < -0.39 is 11.2 Å². The summed E-state index contributed by atoms with van der Waals surface area (Å²) in [4.78, 5) is 31.2. The third kappa shape index (κ3) is 3.17. The van der Waals surface area contributed by atoms with Gasteiger partial charge in [0.15, 0.2) is 16.3 Å². The molecule has 3 rings (SSSR count). The number of H-pyrrole nitrogens is 1. The van der Waals surface area contributed by atoms with Crippen LogP contribution in [0.15, 0.2) is 45.1 Å². The number of nitrogens with zero attached hydrogens (tertiary/aromatic N) is 3. The van der Waals surface area contributed by atoms with Gasteiger partial charge in [0.05, 0.1) is 6.54 Å². The number of aromatic amines is 1. The van der Waals surface area contributed by atoms with Gasteiger partial charge in [0.2, 0.25) is 0 Å². The normalized spacial score (nSPS) is 11.5. The summed E-state index contributed by atoms with van der Waals surface area (Å²) in [6, 6.07) is 9.92. The summed E-state index contributed by atoms with van der Waals surface area (Å²) in [5.41, 5.74) is 1.10. The van der Waals surface area contributed by atoms with E-state index in [1.807, 2.05) is 34.9 Å². The van der Waals surface area contributed by atoms with Gasteiger partial charge < -0.3 is 4.57 Å². The fourth-order valence-corrected chi connectivity index (χ4v) is 3.42. The zero-order chi connectivity index (χ0) is 17.3. The van der Waals surface area contributed by atoms with Gasteiger partial charge in [-0.15, -0.1) is 0 Å². The number of fused-ring (bicyclic) bond motifs is 1. The van der Waals surface area contributed by atoms with Crippen molar-refractivity contribution in [1.29, 1.82) is 0 Å². The van der Waals surface area contributed by atoms with Gasteiger partial charge in [-0.25, -0.2) is 9.78 Å². The van der Waals surface area contributed by atoms with Gasteiger partial charge in [0.1, 0.15) is 0 Å². The van der Waals surface area contributed by atoms with Crippen molar-refractivity contribution in [3.63, 3.8) is 0 Å². The molecule has 1 aromatic carbocycles. The van der Waals surface area contributed by atoms with Gasteiger partial charge in [0.25, 0.3) is 5.56 Å². The Hall–Kier alpha value is -2.28. The second-order valence-corrected chi connectivity index (χ2v) is 7.15. The van der Waals surface area contributed by atoms with E-state index in [0.717, 1.165) is 16.5 Å². The molecule has 24 heavy (non-hydrogen) atoms. The predicted molar refractivity (Wildman–Crippen MR) is 96.7 cm³/mol. The fraction of sp³-hybridized carbons (Fsp3) is 0.353. The van der Waals surface area contributed by atoms with Crippen LogP contribution in [0.5, 0.6) is 0 Å². The lowest BCUT2D eigenvalue weighted by molar-refractivity contribution is 0.715. The molecule has 0 amide bonds. The highest BCUT2D eigenvalue weighted by Gasteiger charge is 2.18. The molecule has 0 saturated heterocycles. The summed E-state index contributed by atoms with van der Waals surface area (Å²) in [5, 5.41) is 0.759. The van der Waals surface area contributed by atoms with Crippen LogP contribution in [-0.2, 0) is 13.6 Å². The molecule has 0 radical (unpaired) electrons. The maximum absolute atomic E-state index is 12.4. The average molecular weight is 344 g/mol. The first-order valence-electron chi connectivity index (χ1n) is 7.83. The van der Waals surface area contributed by atoms with E-state index in [-0.39, 0.29) is 0 Å². The summed E-state index contributed by atoms with van der Waals surface area (Å²) in [5.74, 6) is 1.39. The van der Waals surface area contributed by atoms with E-state index in [1.165, 1.54) is 4.57 Å². The Morgan fingerprint density at radius 3 is 2.58 bits per heavy atom. The first kappa shape index (κ1) is 16.6. The molecule has 7 heteroatoms. The molecule has 0 atom stereocenters. The molecule has 6 nitrogen and oxygen atoms in total. The lowest BCUT2D eigenvalue weighted by Gasteiger charge is -2.09. The largest absolute Gasteiger partial charge is 0.329 e. The molecule has 0 aliphatic heterocycles. The van der Waals surface area contributed by atoms with E-state index >= 15 is 0 Å². The molecule has 0 unspecified atom stereocenters. The Morgan fingerprint density at radius 1 is 1.21 bits per heavy atom. The number of hydrogen-bond donors (Lipinski definition) is 1. The number of aromatic nitrogens is 4. The van der Waals surface area contributed by atoms with E-state index in [1.54, 1.807) is 18.8 Å². The summed E-state index contributed by atoms with van der Waals surface area (Å²) in [6.07, 6.45) is 0. The van der Waals surface area contributed by atoms with E-state index in [0.29, 0.717) is 23.6 Å². The van der Waals surface area contributed by atoms with Crippen molar-refractivity contribution < 1.29 is 0 Å². The Morgan fingerprint density at radius 2 is 1.92 bits per heavy atom. The minimum absolute atomic E-state index is 0.395. The van der Waals surface area contributed by atoms with Gasteiger partial charge in [-0.3, -0.25) is 14.3 Å². The van der Waals surface area contributed by atoms with Crippen LogP contribution in [0, 0.1) is 5.92 Å². The second-order valence-electron chi connectivity index (χ2n) is 6.16. The van der Waals surface area contributed by atoms with Crippen LogP contribution in [0.2, 0.25) is 0 Å². The van der Waals surface area contributed by atoms with Crippen molar-refractivity contribution >= 4 is 22.9 Å². The molecule has 0 aliphatic rings. The Kier molecular flexibility index (Phi) is 4.62. The number of benzene rings is 1. The lowest BCUT2D eigenvalue weighted by Crippen LogP contribution is -2.29. The van der Waals surface area contributed by atoms with Gasteiger partial charge in [-0.05, 0) is 11.5 Å². The average Bonchev–Trinajstić information content (AvgIpc) is 2.91.